The Bertz CT molecular complexity index is 446. The zero-order valence-corrected chi connectivity index (χ0v) is 12.3. The van der Waals surface area contributed by atoms with Crippen LogP contribution in [0.4, 0.5) is 0 Å². The van der Waals surface area contributed by atoms with E-state index >= 15 is 0 Å². The number of unbranched alkanes of at least 4 members (excludes halogenated alkanes) is 3. The van der Waals surface area contributed by atoms with Gasteiger partial charge in [-0.2, -0.15) is 0 Å². The molecule has 2 rings (SSSR count). The van der Waals surface area contributed by atoms with Crippen LogP contribution in [0.2, 0.25) is 0 Å². The molecule has 0 saturated carbocycles. The number of nitrogens with zero attached hydrogens (tertiary/aromatic N) is 1. The molecule has 0 bridgehead atoms. The highest BCUT2D eigenvalue weighted by atomic mass is 14.9. The van der Waals surface area contributed by atoms with E-state index in [1.54, 1.807) is 0 Å². The second-order valence-electron chi connectivity index (χ2n) is 6.16. The van der Waals surface area contributed by atoms with Gasteiger partial charge in [0.15, 0.2) is 0 Å². The Morgan fingerprint density at radius 2 is 1.84 bits per heavy atom. The molecule has 0 fully saturated rings. The van der Waals surface area contributed by atoms with Gasteiger partial charge < -0.3 is 5.73 Å². The molecule has 1 aliphatic rings. The summed E-state index contributed by atoms with van der Waals surface area (Å²) in [5, 5.41) is 0. The van der Waals surface area contributed by atoms with Crippen molar-refractivity contribution in [2.45, 2.75) is 57.9 Å². The summed E-state index contributed by atoms with van der Waals surface area (Å²) < 4.78 is 0. The van der Waals surface area contributed by atoms with Gasteiger partial charge in [-0.05, 0) is 57.2 Å². The van der Waals surface area contributed by atoms with E-state index in [1.165, 1.54) is 36.1 Å². The van der Waals surface area contributed by atoms with Crippen molar-refractivity contribution >= 4 is 5.71 Å². The molecule has 0 atom stereocenters. The minimum Gasteiger partial charge on any atom is -0.330 e. The number of hydrogen-bond acceptors (Lipinski definition) is 2. The molecular weight excluding hydrogens is 232 g/mol. The third-order valence-corrected chi connectivity index (χ3v) is 3.76. The predicted octanol–water partition coefficient (Wildman–Crippen LogP) is 3.72. The van der Waals surface area contributed by atoms with E-state index in [4.69, 9.17) is 10.7 Å². The molecule has 1 aromatic carbocycles. The summed E-state index contributed by atoms with van der Waals surface area (Å²) >= 11 is 0. The highest BCUT2D eigenvalue weighted by Gasteiger charge is 2.25. The molecule has 0 aliphatic carbocycles. The average molecular weight is 258 g/mol. The third-order valence-electron chi connectivity index (χ3n) is 3.76. The Morgan fingerprint density at radius 1 is 1.11 bits per heavy atom. The van der Waals surface area contributed by atoms with Crippen LogP contribution in [0.3, 0.4) is 0 Å². The minimum atomic E-state index is 0.0565. The first-order valence-corrected chi connectivity index (χ1v) is 7.49. The van der Waals surface area contributed by atoms with Crippen LogP contribution in [0.1, 0.15) is 57.1 Å². The van der Waals surface area contributed by atoms with Crippen LogP contribution in [0.25, 0.3) is 0 Å². The van der Waals surface area contributed by atoms with E-state index in [2.05, 4.69) is 38.1 Å². The quantitative estimate of drug-likeness (QED) is 0.776. The largest absolute Gasteiger partial charge is 0.330 e. The van der Waals surface area contributed by atoms with Crippen molar-refractivity contribution in [3.05, 3.63) is 35.4 Å². The molecule has 0 unspecified atom stereocenters. The first-order valence-electron chi connectivity index (χ1n) is 7.49. The first-order chi connectivity index (χ1) is 9.12. The van der Waals surface area contributed by atoms with E-state index < -0.39 is 0 Å². The van der Waals surface area contributed by atoms with E-state index in [0.29, 0.717) is 0 Å². The van der Waals surface area contributed by atoms with Crippen LogP contribution in [0.5, 0.6) is 0 Å². The fourth-order valence-corrected chi connectivity index (χ4v) is 2.87. The lowest BCUT2D eigenvalue weighted by Gasteiger charge is -2.29. The summed E-state index contributed by atoms with van der Waals surface area (Å²) in [6.07, 6.45) is 7.04. The Morgan fingerprint density at radius 3 is 2.63 bits per heavy atom. The summed E-state index contributed by atoms with van der Waals surface area (Å²) in [5.41, 5.74) is 9.72. The number of aliphatic imine (C=N–C) groups is 1. The molecule has 104 valence electrons. The first kappa shape index (κ1) is 14.3. The van der Waals surface area contributed by atoms with Gasteiger partial charge in [0.25, 0.3) is 0 Å². The van der Waals surface area contributed by atoms with Gasteiger partial charge in [-0.15, -0.1) is 0 Å². The second-order valence-corrected chi connectivity index (χ2v) is 6.16. The van der Waals surface area contributed by atoms with Crippen LogP contribution in [-0.2, 0) is 6.42 Å². The van der Waals surface area contributed by atoms with Gasteiger partial charge in [-0.3, -0.25) is 4.99 Å². The zero-order valence-electron chi connectivity index (χ0n) is 12.3. The summed E-state index contributed by atoms with van der Waals surface area (Å²) in [6.45, 7) is 5.28. The fourth-order valence-electron chi connectivity index (χ4n) is 2.87. The Labute approximate surface area is 117 Å². The van der Waals surface area contributed by atoms with E-state index in [9.17, 15) is 0 Å². The molecule has 0 spiro atoms. The molecule has 0 amide bonds. The van der Waals surface area contributed by atoms with Crippen molar-refractivity contribution in [3.63, 3.8) is 0 Å². The molecule has 0 aromatic heterocycles. The average Bonchev–Trinajstić information content (AvgIpc) is 2.37. The predicted molar refractivity (Wildman–Crippen MR) is 82.9 cm³/mol. The van der Waals surface area contributed by atoms with Gasteiger partial charge in [0.1, 0.15) is 0 Å². The van der Waals surface area contributed by atoms with Gasteiger partial charge in [0.2, 0.25) is 0 Å². The second kappa shape index (κ2) is 6.33. The summed E-state index contributed by atoms with van der Waals surface area (Å²) in [5.74, 6) is 0. The summed E-state index contributed by atoms with van der Waals surface area (Å²) in [4.78, 5) is 4.97. The maximum atomic E-state index is 5.53. The van der Waals surface area contributed by atoms with Crippen LogP contribution in [0, 0.1) is 0 Å². The zero-order chi connectivity index (χ0) is 13.7. The molecule has 19 heavy (non-hydrogen) atoms. The Kier molecular flexibility index (Phi) is 4.76. The highest BCUT2D eigenvalue weighted by Crippen LogP contribution is 2.28. The standard InChI is InChI=1S/C17H26N2/c1-17(2)13-14-9-6-7-10-15(14)16(19-17)11-5-3-4-8-12-18/h6-7,9-10H,3-5,8,11-13,18H2,1-2H3. The lowest BCUT2D eigenvalue weighted by molar-refractivity contribution is 0.509. The van der Waals surface area contributed by atoms with Crippen molar-refractivity contribution in [1.29, 1.82) is 0 Å². The minimum absolute atomic E-state index is 0.0565. The summed E-state index contributed by atoms with van der Waals surface area (Å²) in [6, 6.07) is 8.74. The fraction of sp³-hybridized carbons (Fsp3) is 0.588. The molecule has 1 aliphatic heterocycles. The monoisotopic (exact) mass is 258 g/mol. The number of hydrogen-bond donors (Lipinski definition) is 1. The SMILES string of the molecule is CC1(C)Cc2ccccc2C(CCCCCCN)=N1. The number of fused-ring (bicyclic) bond motifs is 1. The Hall–Kier alpha value is -1.15. The van der Waals surface area contributed by atoms with Crippen molar-refractivity contribution in [2.24, 2.45) is 10.7 Å². The molecule has 1 heterocycles. The van der Waals surface area contributed by atoms with Gasteiger partial charge >= 0.3 is 0 Å². The normalized spacial score (nSPS) is 16.9. The van der Waals surface area contributed by atoms with Gasteiger partial charge in [-0.1, -0.05) is 37.1 Å². The third kappa shape index (κ3) is 3.90. The van der Waals surface area contributed by atoms with Crippen LogP contribution < -0.4 is 5.73 Å². The van der Waals surface area contributed by atoms with Crippen LogP contribution in [0.15, 0.2) is 29.3 Å². The van der Waals surface area contributed by atoms with Crippen LogP contribution in [-0.4, -0.2) is 17.8 Å². The maximum absolute atomic E-state index is 5.53. The number of nitrogens with two attached hydrogens (primary N) is 1. The molecule has 2 heteroatoms. The summed E-state index contributed by atoms with van der Waals surface area (Å²) in [7, 11) is 0. The molecular formula is C17H26N2. The van der Waals surface area contributed by atoms with Crippen molar-refractivity contribution in [1.82, 2.24) is 0 Å². The van der Waals surface area contributed by atoms with E-state index in [0.717, 1.165) is 25.8 Å². The lowest BCUT2D eigenvalue weighted by Crippen LogP contribution is -2.28. The van der Waals surface area contributed by atoms with Gasteiger partial charge in [-0.25, -0.2) is 0 Å². The smallest absolute Gasteiger partial charge is 0.0596 e. The van der Waals surface area contributed by atoms with Crippen molar-refractivity contribution in [3.8, 4) is 0 Å². The van der Waals surface area contributed by atoms with Crippen molar-refractivity contribution in [2.75, 3.05) is 6.54 Å². The van der Waals surface area contributed by atoms with Gasteiger partial charge in [0, 0.05) is 5.71 Å². The molecule has 2 nitrogen and oxygen atoms in total. The van der Waals surface area contributed by atoms with Gasteiger partial charge in [0.05, 0.1) is 5.54 Å². The number of rotatable bonds is 6. The molecule has 1 aromatic rings. The maximum Gasteiger partial charge on any atom is 0.0596 e. The van der Waals surface area contributed by atoms with E-state index in [1.807, 2.05) is 0 Å². The Balaban J connectivity index is 2.03. The highest BCUT2D eigenvalue weighted by molar-refractivity contribution is 6.02. The molecule has 0 radical (unpaired) electrons. The number of benzene rings is 1. The lowest BCUT2D eigenvalue weighted by atomic mass is 9.85. The molecule has 0 saturated heterocycles. The molecule has 2 N–H and O–H groups in total. The van der Waals surface area contributed by atoms with E-state index in [-0.39, 0.29) is 5.54 Å². The van der Waals surface area contributed by atoms with Crippen molar-refractivity contribution < 1.29 is 0 Å². The van der Waals surface area contributed by atoms with Crippen LogP contribution >= 0.6 is 0 Å². The topological polar surface area (TPSA) is 38.4 Å².